The number of carbonyl (C=O) groups excluding carboxylic acids is 1. The van der Waals surface area contributed by atoms with E-state index in [0.29, 0.717) is 12.2 Å². The van der Waals surface area contributed by atoms with E-state index in [4.69, 9.17) is 14.2 Å². The molecule has 130 valence electrons. The molecule has 1 aromatic heterocycles. The molecule has 0 atom stereocenters. The second-order valence-corrected chi connectivity index (χ2v) is 5.60. The average molecular weight is 331 g/mol. The number of aromatic nitrogens is 1. The first kappa shape index (κ1) is 17.9. The summed E-state index contributed by atoms with van der Waals surface area (Å²) in [6.45, 7) is 6.94. The van der Waals surface area contributed by atoms with Crippen LogP contribution in [0.2, 0.25) is 0 Å². The molecule has 5 nitrogen and oxygen atoms in total. The third kappa shape index (κ3) is 3.72. The summed E-state index contributed by atoms with van der Waals surface area (Å²) in [6.07, 6.45) is 0.832. The van der Waals surface area contributed by atoms with Gasteiger partial charge in [0.1, 0.15) is 0 Å². The fourth-order valence-electron chi connectivity index (χ4n) is 2.84. The highest BCUT2D eigenvalue weighted by molar-refractivity contribution is 5.91. The van der Waals surface area contributed by atoms with E-state index in [1.54, 1.807) is 14.2 Å². The highest BCUT2D eigenvalue weighted by Crippen LogP contribution is 2.28. The van der Waals surface area contributed by atoms with Crippen molar-refractivity contribution in [3.63, 3.8) is 0 Å². The number of methoxy groups -OCH3 is 2. The molecule has 0 aliphatic heterocycles. The Morgan fingerprint density at radius 3 is 2.42 bits per heavy atom. The van der Waals surface area contributed by atoms with E-state index in [-0.39, 0.29) is 5.97 Å². The van der Waals surface area contributed by atoms with Crippen LogP contribution in [-0.4, -0.2) is 31.4 Å². The minimum Gasteiger partial charge on any atom is -0.493 e. The van der Waals surface area contributed by atoms with Crippen molar-refractivity contribution in [2.24, 2.45) is 0 Å². The Morgan fingerprint density at radius 1 is 1.08 bits per heavy atom. The van der Waals surface area contributed by atoms with Crippen LogP contribution in [0.3, 0.4) is 0 Å². The molecule has 0 spiro atoms. The van der Waals surface area contributed by atoms with Crippen molar-refractivity contribution in [1.29, 1.82) is 0 Å². The van der Waals surface area contributed by atoms with Gasteiger partial charge < -0.3 is 18.8 Å². The summed E-state index contributed by atoms with van der Waals surface area (Å²) in [5.41, 5.74) is 3.78. The quantitative estimate of drug-likeness (QED) is 0.728. The van der Waals surface area contributed by atoms with Gasteiger partial charge in [0.05, 0.1) is 26.4 Å². The van der Waals surface area contributed by atoms with Crippen molar-refractivity contribution in [2.45, 2.75) is 33.7 Å². The third-order valence-corrected chi connectivity index (χ3v) is 4.14. The van der Waals surface area contributed by atoms with Crippen molar-refractivity contribution >= 4 is 5.97 Å². The summed E-state index contributed by atoms with van der Waals surface area (Å²) in [5.74, 6) is 1.19. The first-order chi connectivity index (χ1) is 11.5. The van der Waals surface area contributed by atoms with Gasteiger partial charge in [-0.05, 0) is 51.0 Å². The number of rotatable bonds is 7. The van der Waals surface area contributed by atoms with Crippen LogP contribution >= 0.6 is 0 Å². The lowest BCUT2D eigenvalue weighted by Gasteiger charge is -2.12. The third-order valence-electron chi connectivity index (χ3n) is 4.14. The topological polar surface area (TPSA) is 49.7 Å². The minimum absolute atomic E-state index is 0.261. The van der Waals surface area contributed by atoms with Gasteiger partial charge in [0.15, 0.2) is 11.5 Å². The summed E-state index contributed by atoms with van der Waals surface area (Å²) in [6, 6.07) is 7.82. The van der Waals surface area contributed by atoms with Crippen molar-refractivity contribution in [1.82, 2.24) is 4.57 Å². The molecule has 1 aromatic carbocycles. The molecule has 2 aromatic rings. The number of aryl methyl sites for hydroxylation is 2. The smallest absolute Gasteiger partial charge is 0.339 e. The van der Waals surface area contributed by atoms with Gasteiger partial charge >= 0.3 is 5.97 Å². The fourth-order valence-corrected chi connectivity index (χ4v) is 2.84. The zero-order valence-electron chi connectivity index (χ0n) is 15.0. The molecule has 0 bridgehead atoms. The van der Waals surface area contributed by atoms with E-state index >= 15 is 0 Å². The molecular weight excluding hydrogens is 306 g/mol. The molecule has 0 aliphatic rings. The predicted molar refractivity (Wildman–Crippen MR) is 93.1 cm³/mol. The lowest BCUT2D eigenvalue weighted by Crippen LogP contribution is -2.09. The number of nitrogens with zero attached hydrogens (tertiary/aromatic N) is 1. The number of benzene rings is 1. The lowest BCUT2D eigenvalue weighted by atomic mass is 10.1. The minimum atomic E-state index is -0.261. The molecule has 0 N–H and O–H groups in total. The summed E-state index contributed by atoms with van der Waals surface area (Å²) in [5, 5.41) is 0. The van der Waals surface area contributed by atoms with Crippen molar-refractivity contribution < 1.29 is 19.0 Å². The van der Waals surface area contributed by atoms with Crippen LogP contribution in [0.4, 0.5) is 0 Å². The van der Waals surface area contributed by atoms with E-state index in [9.17, 15) is 4.79 Å². The van der Waals surface area contributed by atoms with Gasteiger partial charge in [-0.25, -0.2) is 4.79 Å². The van der Waals surface area contributed by atoms with Gasteiger partial charge in [-0.15, -0.1) is 0 Å². The maximum atomic E-state index is 12.0. The van der Waals surface area contributed by atoms with E-state index in [2.05, 4.69) is 4.57 Å². The predicted octanol–water partition coefficient (Wildman–Crippen LogP) is 3.54. The maximum absolute atomic E-state index is 12.0. The Balaban J connectivity index is 2.16. The summed E-state index contributed by atoms with van der Waals surface area (Å²) < 4.78 is 17.9. The molecule has 0 saturated carbocycles. The largest absolute Gasteiger partial charge is 0.493 e. The molecule has 0 unspecified atom stereocenters. The van der Waals surface area contributed by atoms with Crippen molar-refractivity contribution in [3.8, 4) is 11.5 Å². The molecule has 0 fully saturated rings. The molecule has 2 rings (SSSR count). The molecule has 5 heteroatoms. The fraction of sp³-hybridized carbons (Fsp3) is 0.421. The molecule has 0 saturated heterocycles. The van der Waals surface area contributed by atoms with E-state index in [1.807, 2.05) is 45.0 Å². The highest BCUT2D eigenvalue weighted by Gasteiger charge is 2.16. The first-order valence-electron chi connectivity index (χ1n) is 8.06. The van der Waals surface area contributed by atoms with Gasteiger partial charge in [0.25, 0.3) is 0 Å². The second kappa shape index (κ2) is 7.90. The lowest BCUT2D eigenvalue weighted by molar-refractivity contribution is 0.0525. The Morgan fingerprint density at radius 2 is 1.79 bits per heavy atom. The maximum Gasteiger partial charge on any atom is 0.339 e. The number of hydrogen-bond donors (Lipinski definition) is 0. The van der Waals surface area contributed by atoms with Crippen LogP contribution in [0.1, 0.15) is 34.2 Å². The standard InChI is InChI=1S/C19H25NO4/c1-6-24-19(21)16-11-13(2)20(14(16)3)10-9-15-7-8-17(22-4)18(12-15)23-5/h7-8,11-12H,6,9-10H2,1-5H3. The van der Waals surface area contributed by atoms with E-state index in [1.165, 1.54) is 0 Å². The van der Waals surface area contributed by atoms with Gasteiger partial charge in [-0.3, -0.25) is 0 Å². The average Bonchev–Trinajstić information content (AvgIpc) is 2.87. The Labute approximate surface area is 143 Å². The van der Waals surface area contributed by atoms with Gasteiger partial charge in [0, 0.05) is 17.9 Å². The van der Waals surface area contributed by atoms with Crippen LogP contribution in [0.25, 0.3) is 0 Å². The number of carbonyl (C=O) groups is 1. The van der Waals surface area contributed by atoms with Crippen LogP contribution in [0.15, 0.2) is 24.3 Å². The van der Waals surface area contributed by atoms with Gasteiger partial charge in [0.2, 0.25) is 0 Å². The van der Waals surface area contributed by atoms with Crippen LogP contribution < -0.4 is 9.47 Å². The normalized spacial score (nSPS) is 10.5. The molecule has 0 amide bonds. The van der Waals surface area contributed by atoms with Crippen LogP contribution in [0, 0.1) is 13.8 Å². The number of ether oxygens (including phenoxy) is 3. The van der Waals surface area contributed by atoms with Crippen LogP contribution in [-0.2, 0) is 17.7 Å². The molecule has 24 heavy (non-hydrogen) atoms. The van der Waals surface area contributed by atoms with Gasteiger partial charge in [-0.1, -0.05) is 6.07 Å². The SMILES string of the molecule is CCOC(=O)c1cc(C)n(CCc2ccc(OC)c(OC)c2)c1C. The van der Waals surface area contributed by atoms with E-state index < -0.39 is 0 Å². The Hall–Kier alpha value is -2.43. The Kier molecular flexibility index (Phi) is 5.90. The first-order valence-corrected chi connectivity index (χ1v) is 8.06. The summed E-state index contributed by atoms with van der Waals surface area (Å²) in [7, 11) is 3.26. The molecular formula is C19H25NO4. The van der Waals surface area contributed by atoms with Crippen molar-refractivity contribution in [3.05, 3.63) is 46.8 Å². The monoisotopic (exact) mass is 331 g/mol. The molecule has 0 radical (unpaired) electrons. The number of esters is 1. The van der Waals surface area contributed by atoms with Crippen molar-refractivity contribution in [2.75, 3.05) is 20.8 Å². The Bertz CT molecular complexity index is 718. The highest BCUT2D eigenvalue weighted by atomic mass is 16.5. The van der Waals surface area contributed by atoms with Gasteiger partial charge in [-0.2, -0.15) is 0 Å². The van der Waals surface area contributed by atoms with Crippen LogP contribution in [0.5, 0.6) is 11.5 Å². The summed E-state index contributed by atoms with van der Waals surface area (Å²) in [4.78, 5) is 12.0. The molecule has 1 heterocycles. The summed E-state index contributed by atoms with van der Waals surface area (Å²) >= 11 is 0. The second-order valence-electron chi connectivity index (χ2n) is 5.60. The zero-order valence-corrected chi connectivity index (χ0v) is 15.0. The van der Waals surface area contributed by atoms with E-state index in [0.717, 1.165) is 41.4 Å². The zero-order chi connectivity index (χ0) is 17.7. The number of hydrogen-bond acceptors (Lipinski definition) is 4. The molecule has 0 aliphatic carbocycles.